The van der Waals surface area contributed by atoms with Crippen LogP contribution in [0.1, 0.15) is 54.0 Å². The van der Waals surface area contributed by atoms with Gasteiger partial charge in [-0.25, -0.2) is 0 Å². The molecule has 0 bridgehead atoms. The average Bonchev–Trinajstić information content (AvgIpc) is 3.85. The molecule has 252 valence electrons. The molecule has 0 aliphatic heterocycles. The van der Waals surface area contributed by atoms with E-state index in [-0.39, 0.29) is 17.3 Å². The van der Waals surface area contributed by atoms with Gasteiger partial charge in [-0.05, 0) is 56.3 Å². The summed E-state index contributed by atoms with van der Waals surface area (Å²) < 4.78 is 10.0. The summed E-state index contributed by atoms with van der Waals surface area (Å²) in [6.45, 7) is 4.83. The van der Waals surface area contributed by atoms with Gasteiger partial charge in [-0.2, -0.15) is 0 Å². The number of allylic oxidation sites excluding steroid dienone is 8. The first kappa shape index (κ1) is 29.5. The summed E-state index contributed by atoms with van der Waals surface area (Å²) in [7, 11) is 0. The number of hydrogen-bond acceptors (Lipinski definition) is 1. The molecule has 0 saturated heterocycles. The molecular formula is C51H37NO. The highest BCUT2D eigenvalue weighted by Crippen LogP contribution is 2.59. The van der Waals surface area contributed by atoms with Crippen LogP contribution in [0, 0.1) is 5.92 Å². The number of para-hydroxylation sites is 2. The van der Waals surface area contributed by atoms with Crippen LogP contribution in [-0.4, -0.2) is 4.57 Å². The van der Waals surface area contributed by atoms with Crippen molar-refractivity contribution in [1.82, 2.24) is 4.57 Å². The number of rotatable bonds is 2. The number of nitrogens with zero attached hydrogens (tertiary/aromatic N) is 1. The lowest BCUT2D eigenvalue weighted by Gasteiger charge is -2.31. The van der Waals surface area contributed by atoms with Crippen molar-refractivity contribution in [3.05, 3.63) is 186 Å². The molecule has 0 amide bonds. The Bertz CT molecular complexity index is 3000. The van der Waals surface area contributed by atoms with Crippen LogP contribution < -0.4 is 0 Å². The van der Waals surface area contributed by atoms with Crippen molar-refractivity contribution >= 4 is 43.4 Å². The van der Waals surface area contributed by atoms with Crippen LogP contribution >= 0.6 is 0 Å². The highest BCUT2D eigenvalue weighted by atomic mass is 16.3. The van der Waals surface area contributed by atoms with Gasteiger partial charge >= 0.3 is 0 Å². The van der Waals surface area contributed by atoms with Crippen LogP contribution in [0.5, 0.6) is 0 Å². The second-order valence-corrected chi connectivity index (χ2v) is 15.9. The molecule has 4 unspecified atom stereocenters. The van der Waals surface area contributed by atoms with E-state index in [1.165, 1.54) is 77.0 Å². The second-order valence-electron chi connectivity index (χ2n) is 15.9. The quantitative estimate of drug-likeness (QED) is 0.166. The molecule has 53 heavy (non-hydrogen) atoms. The molecule has 2 nitrogen and oxygen atoms in total. The Morgan fingerprint density at radius 3 is 2.06 bits per heavy atom. The molecule has 0 fully saturated rings. The van der Waals surface area contributed by atoms with Crippen molar-refractivity contribution in [2.24, 2.45) is 5.92 Å². The van der Waals surface area contributed by atoms with Crippen LogP contribution in [0.2, 0.25) is 0 Å². The molecule has 4 aliphatic rings. The first-order valence-corrected chi connectivity index (χ1v) is 19.0. The van der Waals surface area contributed by atoms with Gasteiger partial charge in [0.1, 0.15) is 11.3 Å². The summed E-state index contributed by atoms with van der Waals surface area (Å²) in [5.74, 6) is 2.19. The Morgan fingerprint density at radius 2 is 1.25 bits per heavy atom. The van der Waals surface area contributed by atoms with Crippen LogP contribution in [0.3, 0.4) is 0 Å². The fourth-order valence-electron chi connectivity index (χ4n) is 10.7. The first-order chi connectivity index (χ1) is 26.1. The van der Waals surface area contributed by atoms with Gasteiger partial charge in [0, 0.05) is 62.0 Å². The minimum absolute atomic E-state index is 0.0397. The lowest BCUT2D eigenvalue weighted by atomic mass is 9.73. The SMILES string of the molecule is CC1(C)c2cc(-c3cccc4c5c(oc34)-c3c(n(-c4ccccc4)c4c6ccccc6c6ccccc6c34)C3C=CC=CC53)ccc2C2C=CC=CC21. The Hall–Kier alpha value is -6.12. The summed E-state index contributed by atoms with van der Waals surface area (Å²) in [6.07, 6.45) is 18.5. The van der Waals surface area contributed by atoms with E-state index in [1.54, 1.807) is 0 Å². The van der Waals surface area contributed by atoms with Gasteiger partial charge < -0.3 is 8.98 Å². The van der Waals surface area contributed by atoms with E-state index in [1.807, 2.05) is 0 Å². The predicted octanol–water partition coefficient (Wildman–Crippen LogP) is 13.4. The largest absolute Gasteiger partial charge is 0.455 e. The fourth-order valence-corrected chi connectivity index (χ4v) is 10.7. The third kappa shape index (κ3) is 3.78. The standard InChI is InChI=1S/C51H37NO/c1-51(2)42-26-13-12-19-35(42)36-28-27-30(29-43(36)51)32-24-14-25-41-44-38-21-9-11-23-40(38)48-46(50(44)53-49(32)41)45-37-20-8-6-17-33(37)34-18-7-10-22-39(34)47(45)52(48)31-15-4-3-5-16-31/h3-29,35,38,40,42H,1-2H3. The first-order valence-electron chi connectivity index (χ1n) is 19.0. The van der Waals surface area contributed by atoms with E-state index in [0.717, 1.165) is 16.9 Å². The molecule has 8 aromatic rings. The number of aromatic nitrogens is 1. The van der Waals surface area contributed by atoms with Gasteiger partial charge in [0.15, 0.2) is 0 Å². The van der Waals surface area contributed by atoms with Gasteiger partial charge in [0.05, 0.1) is 5.52 Å². The van der Waals surface area contributed by atoms with Crippen LogP contribution in [-0.2, 0) is 5.41 Å². The van der Waals surface area contributed by atoms with Crippen molar-refractivity contribution in [2.75, 3.05) is 0 Å². The molecule has 6 aromatic carbocycles. The minimum atomic E-state index is 0.0397. The van der Waals surface area contributed by atoms with Gasteiger partial charge in [-0.15, -0.1) is 0 Å². The van der Waals surface area contributed by atoms with Crippen LogP contribution in [0.25, 0.3) is 71.6 Å². The second kappa shape index (κ2) is 10.5. The highest BCUT2D eigenvalue weighted by molar-refractivity contribution is 6.29. The molecule has 12 rings (SSSR count). The summed E-state index contributed by atoms with van der Waals surface area (Å²) in [6, 6.07) is 42.8. The molecule has 2 heteroatoms. The van der Waals surface area contributed by atoms with Crippen molar-refractivity contribution in [1.29, 1.82) is 0 Å². The Balaban J connectivity index is 1.20. The Morgan fingerprint density at radius 1 is 0.585 bits per heavy atom. The Labute approximate surface area is 308 Å². The monoisotopic (exact) mass is 679 g/mol. The minimum Gasteiger partial charge on any atom is -0.455 e. The summed E-state index contributed by atoms with van der Waals surface area (Å²) in [4.78, 5) is 0. The van der Waals surface area contributed by atoms with E-state index in [4.69, 9.17) is 4.42 Å². The maximum absolute atomic E-state index is 7.44. The molecule has 0 saturated carbocycles. The van der Waals surface area contributed by atoms with Crippen molar-refractivity contribution in [3.8, 4) is 28.1 Å². The molecule has 4 atom stereocenters. The molecule has 2 heterocycles. The van der Waals surface area contributed by atoms with E-state index < -0.39 is 0 Å². The number of furan rings is 1. The maximum Gasteiger partial charge on any atom is 0.142 e. The summed E-state index contributed by atoms with van der Waals surface area (Å²) >= 11 is 0. The van der Waals surface area contributed by atoms with E-state index in [2.05, 4.69) is 182 Å². The van der Waals surface area contributed by atoms with Gasteiger partial charge in [0.25, 0.3) is 0 Å². The fraction of sp³-hybridized carbons (Fsp3) is 0.137. The number of fused-ring (bicyclic) bond motifs is 18. The number of hydrogen-bond donors (Lipinski definition) is 0. The zero-order valence-corrected chi connectivity index (χ0v) is 29.8. The zero-order valence-electron chi connectivity index (χ0n) is 29.8. The smallest absolute Gasteiger partial charge is 0.142 e. The lowest BCUT2D eigenvalue weighted by Crippen LogP contribution is -2.24. The summed E-state index contributed by atoms with van der Waals surface area (Å²) in [5.41, 5.74) is 12.5. The van der Waals surface area contributed by atoms with Gasteiger partial charge in [-0.3, -0.25) is 0 Å². The normalized spacial score (nSPS) is 21.6. The van der Waals surface area contributed by atoms with E-state index in [0.29, 0.717) is 11.8 Å². The lowest BCUT2D eigenvalue weighted by molar-refractivity contribution is 0.394. The van der Waals surface area contributed by atoms with Crippen LogP contribution in [0.4, 0.5) is 0 Å². The predicted molar refractivity (Wildman–Crippen MR) is 220 cm³/mol. The van der Waals surface area contributed by atoms with Crippen molar-refractivity contribution in [3.63, 3.8) is 0 Å². The van der Waals surface area contributed by atoms with Gasteiger partial charge in [0.2, 0.25) is 0 Å². The topological polar surface area (TPSA) is 18.1 Å². The molecule has 0 radical (unpaired) electrons. The third-order valence-corrected chi connectivity index (χ3v) is 13.0. The van der Waals surface area contributed by atoms with Crippen molar-refractivity contribution < 1.29 is 4.42 Å². The zero-order chi connectivity index (χ0) is 35.0. The summed E-state index contributed by atoms with van der Waals surface area (Å²) in [5, 5.41) is 7.55. The highest BCUT2D eigenvalue weighted by Gasteiger charge is 2.45. The molecule has 4 aliphatic carbocycles. The van der Waals surface area contributed by atoms with Crippen molar-refractivity contribution in [2.45, 2.75) is 37.0 Å². The number of benzene rings is 6. The maximum atomic E-state index is 7.44. The van der Waals surface area contributed by atoms with E-state index >= 15 is 0 Å². The van der Waals surface area contributed by atoms with E-state index in [9.17, 15) is 0 Å². The molecule has 0 N–H and O–H groups in total. The van der Waals surface area contributed by atoms with Crippen LogP contribution in [0.15, 0.2) is 168 Å². The van der Waals surface area contributed by atoms with Gasteiger partial charge in [-0.1, -0.05) is 166 Å². The third-order valence-electron chi connectivity index (χ3n) is 13.0. The molecule has 0 spiro atoms. The Kier molecular flexibility index (Phi) is 5.83. The molecule has 2 aromatic heterocycles. The molecular weight excluding hydrogens is 643 g/mol. The average molecular weight is 680 g/mol.